The van der Waals surface area contributed by atoms with Crippen LogP contribution in [0.4, 0.5) is 0 Å². The summed E-state index contributed by atoms with van der Waals surface area (Å²) in [4.78, 5) is 13.1. The molecule has 0 aromatic carbocycles. The minimum Gasteiger partial charge on any atom is -0.392 e. The number of H-pyrrole nitrogens is 1. The molecule has 0 amide bonds. The predicted octanol–water partition coefficient (Wildman–Crippen LogP) is 0.176. The number of aliphatic hydroxyl groups is 1. The summed E-state index contributed by atoms with van der Waals surface area (Å²) in [5.74, 6) is 0. The van der Waals surface area contributed by atoms with E-state index in [2.05, 4.69) is 4.98 Å². The molecule has 2 N–H and O–H groups in total. The van der Waals surface area contributed by atoms with Crippen LogP contribution < -0.4 is 5.56 Å². The zero-order chi connectivity index (χ0) is 7.56. The smallest absolute Gasteiger partial charge is 0.248 e. The fourth-order valence-corrected chi connectivity index (χ4v) is 0.756. The quantitative estimate of drug-likeness (QED) is 0.583. The summed E-state index contributed by atoms with van der Waals surface area (Å²) in [6, 6.07) is 1.40. The summed E-state index contributed by atoms with van der Waals surface area (Å²) in [6.45, 7) is 1.76. The molecular formula is C7H9NO2. The monoisotopic (exact) mass is 139 g/mol. The van der Waals surface area contributed by atoms with Crippen molar-refractivity contribution in [1.82, 2.24) is 4.98 Å². The first kappa shape index (κ1) is 7.02. The number of rotatable bonds is 1. The van der Waals surface area contributed by atoms with E-state index in [1.807, 2.05) is 6.92 Å². The van der Waals surface area contributed by atoms with Gasteiger partial charge in [0.15, 0.2) is 0 Å². The Bertz CT molecular complexity index is 277. The fraction of sp³-hybridized carbons (Fsp3) is 0.286. The summed E-state index contributed by atoms with van der Waals surface area (Å²) in [5.41, 5.74) is 1.42. The molecule has 0 fully saturated rings. The largest absolute Gasteiger partial charge is 0.392 e. The Hall–Kier alpha value is -1.09. The van der Waals surface area contributed by atoms with Crippen LogP contribution in [0, 0.1) is 6.92 Å². The summed E-state index contributed by atoms with van der Waals surface area (Å²) < 4.78 is 0. The molecule has 1 aromatic heterocycles. The summed E-state index contributed by atoms with van der Waals surface area (Å²) in [5, 5.41) is 8.69. The van der Waals surface area contributed by atoms with E-state index in [1.165, 1.54) is 6.07 Å². The van der Waals surface area contributed by atoms with Crippen LogP contribution in [0.5, 0.6) is 0 Å². The maximum atomic E-state index is 10.6. The van der Waals surface area contributed by atoms with Gasteiger partial charge in [0.05, 0.1) is 6.61 Å². The van der Waals surface area contributed by atoms with Crippen LogP contribution in [0.3, 0.4) is 0 Å². The molecule has 0 bridgehead atoms. The average Bonchev–Trinajstić information content (AvgIpc) is 1.94. The van der Waals surface area contributed by atoms with Gasteiger partial charge in [-0.15, -0.1) is 0 Å². The zero-order valence-electron chi connectivity index (χ0n) is 5.72. The first-order valence-electron chi connectivity index (χ1n) is 3.03. The normalized spacial score (nSPS) is 9.80. The van der Waals surface area contributed by atoms with E-state index in [0.29, 0.717) is 5.56 Å². The van der Waals surface area contributed by atoms with Gasteiger partial charge >= 0.3 is 0 Å². The molecule has 0 atom stereocenters. The van der Waals surface area contributed by atoms with Gasteiger partial charge in [-0.2, -0.15) is 0 Å². The first-order valence-corrected chi connectivity index (χ1v) is 3.03. The Morgan fingerprint density at radius 3 is 2.90 bits per heavy atom. The third-order valence-electron chi connectivity index (χ3n) is 1.41. The second-order valence-corrected chi connectivity index (χ2v) is 2.16. The van der Waals surface area contributed by atoms with Gasteiger partial charge in [-0.3, -0.25) is 4.79 Å². The van der Waals surface area contributed by atoms with Crippen molar-refractivity contribution in [3.05, 3.63) is 33.7 Å². The molecule has 0 aliphatic rings. The van der Waals surface area contributed by atoms with Crippen LogP contribution in [-0.4, -0.2) is 10.1 Å². The number of aliphatic hydroxyl groups excluding tert-OH is 1. The van der Waals surface area contributed by atoms with Gasteiger partial charge in [-0.05, 0) is 18.1 Å². The van der Waals surface area contributed by atoms with Crippen molar-refractivity contribution < 1.29 is 5.11 Å². The molecule has 1 rings (SSSR count). The summed E-state index contributed by atoms with van der Waals surface area (Å²) in [7, 11) is 0. The molecule has 0 saturated heterocycles. The maximum Gasteiger partial charge on any atom is 0.248 e. The Labute approximate surface area is 58.3 Å². The molecule has 1 heterocycles. The van der Waals surface area contributed by atoms with Gasteiger partial charge in [-0.1, -0.05) is 0 Å². The van der Waals surface area contributed by atoms with E-state index in [-0.39, 0.29) is 12.2 Å². The lowest BCUT2D eigenvalue weighted by Crippen LogP contribution is -2.06. The second kappa shape index (κ2) is 2.66. The SMILES string of the molecule is Cc1c[nH]c(=O)cc1CO. The minimum absolute atomic E-state index is 0.0737. The van der Waals surface area contributed by atoms with Crippen molar-refractivity contribution >= 4 is 0 Å². The van der Waals surface area contributed by atoms with Gasteiger partial charge < -0.3 is 10.1 Å². The lowest BCUT2D eigenvalue weighted by molar-refractivity contribution is 0.281. The highest BCUT2D eigenvalue weighted by atomic mass is 16.3. The molecule has 3 nitrogen and oxygen atoms in total. The molecule has 0 aliphatic heterocycles. The lowest BCUT2D eigenvalue weighted by Gasteiger charge is -1.97. The van der Waals surface area contributed by atoms with Crippen LogP contribution in [0.15, 0.2) is 17.1 Å². The van der Waals surface area contributed by atoms with Gasteiger partial charge in [-0.25, -0.2) is 0 Å². The van der Waals surface area contributed by atoms with Crippen molar-refractivity contribution in [2.45, 2.75) is 13.5 Å². The van der Waals surface area contributed by atoms with Crippen LogP contribution >= 0.6 is 0 Å². The van der Waals surface area contributed by atoms with Crippen LogP contribution in [-0.2, 0) is 6.61 Å². The van der Waals surface area contributed by atoms with Gasteiger partial charge in [0.2, 0.25) is 5.56 Å². The van der Waals surface area contributed by atoms with Crippen LogP contribution in [0.25, 0.3) is 0 Å². The van der Waals surface area contributed by atoms with Crippen molar-refractivity contribution in [2.24, 2.45) is 0 Å². The number of nitrogens with one attached hydrogen (secondary N) is 1. The van der Waals surface area contributed by atoms with E-state index >= 15 is 0 Å². The third-order valence-corrected chi connectivity index (χ3v) is 1.41. The third kappa shape index (κ3) is 1.25. The Balaban J connectivity index is 3.22. The van der Waals surface area contributed by atoms with E-state index in [9.17, 15) is 4.79 Å². The number of hydrogen-bond acceptors (Lipinski definition) is 2. The topological polar surface area (TPSA) is 53.1 Å². The van der Waals surface area contributed by atoms with Crippen molar-refractivity contribution in [1.29, 1.82) is 0 Å². The van der Waals surface area contributed by atoms with E-state index in [1.54, 1.807) is 6.20 Å². The van der Waals surface area contributed by atoms with Crippen molar-refractivity contribution in [3.8, 4) is 0 Å². The number of aromatic nitrogens is 1. The maximum absolute atomic E-state index is 10.6. The standard InChI is InChI=1S/C7H9NO2/c1-5-3-8-7(10)2-6(5)4-9/h2-3,9H,4H2,1H3,(H,8,10). The zero-order valence-corrected chi connectivity index (χ0v) is 5.72. The van der Waals surface area contributed by atoms with Gasteiger partial charge in [0, 0.05) is 12.3 Å². The van der Waals surface area contributed by atoms with E-state index in [4.69, 9.17) is 5.11 Å². The minimum atomic E-state index is -0.172. The number of pyridine rings is 1. The fourth-order valence-electron chi connectivity index (χ4n) is 0.756. The van der Waals surface area contributed by atoms with Gasteiger partial charge in [0.25, 0.3) is 0 Å². The highest BCUT2D eigenvalue weighted by Gasteiger charge is 1.94. The van der Waals surface area contributed by atoms with E-state index in [0.717, 1.165) is 5.56 Å². The number of aromatic amines is 1. The molecule has 10 heavy (non-hydrogen) atoms. The lowest BCUT2D eigenvalue weighted by atomic mass is 10.2. The molecule has 3 heteroatoms. The molecular weight excluding hydrogens is 130 g/mol. The molecule has 0 unspecified atom stereocenters. The summed E-state index contributed by atoms with van der Waals surface area (Å²) >= 11 is 0. The Morgan fingerprint density at radius 2 is 2.40 bits per heavy atom. The van der Waals surface area contributed by atoms with Crippen molar-refractivity contribution in [2.75, 3.05) is 0 Å². The summed E-state index contributed by atoms with van der Waals surface area (Å²) in [6.07, 6.45) is 1.59. The van der Waals surface area contributed by atoms with Gasteiger partial charge in [0.1, 0.15) is 0 Å². The Morgan fingerprint density at radius 1 is 1.70 bits per heavy atom. The van der Waals surface area contributed by atoms with Crippen molar-refractivity contribution in [3.63, 3.8) is 0 Å². The molecule has 1 aromatic rings. The second-order valence-electron chi connectivity index (χ2n) is 2.16. The first-order chi connectivity index (χ1) is 4.74. The average molecular weight is 139 g/mol. The Kier molecular flexibility index (Phi) is 1.87. The molecule has 0 aliphatic carbocycles. The molecule has 0 spiro atoms. The number of hydrogen-bond donors (Lipinski definition) is 2. The highest BCUT2D eigenvalue weighted by Crippen LogP contribution is 2.00. The molecule has 54 valence electrons. The predicted molar refractivity (Wildman–Crippen MR) is 37.7 cm³/mol. The van der Waals surface area contributed by atoms with E-state index < -0.39 is 0 Å². The molecule has 0 saturated carbocycles. The van der Waals surface area contributed by atoms with Crippen LogP contribution in [0.2, 0.25) is 0 Å². The number of aryl methyl sites for hydroxylation is 1. The highest BCUT2D eigenvalue weighted by molar-refractivity contribution is 5.20. The molecule has 0 radical (unpaired) electrons. The van der Waals surface area contributed by atoms with Crippen LogP contribution in [0.1, 0.15) is 11.1 Å².